The Bertz CT molecular complexity index is 993. The second-order valence-electron chi connectivity index (χ2n) is 5.89. The van der Waals surface area contributed by atoms with Gasteiger partial charge in [0.2, 0.25) is 0 Å². The number of nitrogens with one attached hydrogen (secondary N) is 2. The summed E-state index contributed by atoms with van der Waals surface area (Å²) < 4.78 is 27.3. The number of hydrogen-bond donors (Lipinski definition) is 1. The van der Waals surface area contributed by atoms with Crippen LogP contribution in [0.4, 0.5) is 11.5 Å². The van der Waals surface area contributed by atoms with Gasteiger partial charge in [0.1, 0.15) is 17.6 Å². The van der Waals surface area contributed by atoms with Gasteiger partial charge in [-0.3, -0.25) is 9.62 Å². The lowest BCUT2D eigenvalue weighted by atomic mass is 10.2. The number of H-pyrrole nitrogens is 1. The summed E-state index contributed by atoms with van der Waals surface area (Å²) in [4.78, 5) is 3.21. The predicted octanol–water partition coefficient (Wildman–Crippen LogP) is 3.98. The normalized spacial score (nSPS) is 11.2. The molecule has 2 N–H and O–H groups in total. The van der Waals surface area contributed by atoms with Gasteiger partial charge in [-0.05, 0) is 31.2 Å². The lowest BCUT2D eigenvalue weighted by molar-refractivity contribution is -0.364. The number of nitrogens with zero attached hydrogens (tertiary/aromatic N) is 1. The first-order valence-corrected chi connectivity index (χ1v) is 10.4. The van der Waals surface area contributed by atoms with E-state index in [1.165, 1.54) is 10.5 Å². The number of halogens is 1. The molecule has 0 radical (unpaired) electrons. The van der Waals surface area contributed by atoms with Crippen LogP contribution in [0.15, 0.2) is 77.8 Å². The molecule has 2 aromatic carbocycles. The lowest BCUT2D eigenvalue weighted by Gasteiger charge is -2.22. The average Bonchev–Trinajstić information content (AvgIpc) is 2.69. The highest BCUT2D eigenvalue weighted by Crippen LogP contribution is 2.23. The summed E-state index contributed by atoms with van der Waals surface area (Å²) >= 11 is 6.15. The Morgan fingerprint density at radius 3 is 2.33 bits per heavy atom. The standard InChI is InChI=1S/C20H20ClN3O2S/c1-2-24(17-9-4-3-5-10-17)27(25,26)18-12-13-20(23-15-18)22-14-16-8-6-7-11-19(16)21/h3-13,15H,2,14H2,1H3,(H,22,23)/p+1. The minimum Gasteiger partial charge on any atom is -0.270 e. The fraction of sp³-hybridized carbons (Fsp3) is 0.150. The van der Waals surface area contributed by atoms with Crippen molar-refractivity contribution >= 4 is 33.1 Å². The summed E-state index contributed by atoms with van der Waals surface area (Å²) in [5, 5.41) is 3.89. The third kappa shape index (κ3) is 4.40. The number of rotatable bonds is 7. The Labute approximate surface area is 164 Å². The van der Waals surface area contributed by atoms with E-state index in [-0.39, 0.29) is 4.90 Å². The summed E-state index contributed by atoms with van der Waals surface area (Å²) in [5.41, 5.74) is 1.60. The molecule has 5 nitrogen and oxygen atoms in total. The molecule has 7 heteroatoms. The molecule has 0 atom stereocenters. The van der Waals surface area contributed by atoms with Crippen LogP contribution in [0.25, 0.3) is 0 Å². The van der Waals surface area contributed by atoms with Crippen molar-refractivity contribution in [3.8, 4) is 0 Å². The molecule has 0 fully saturated rings. The van der Waals surface area contributed by atoms with E-state index in [0.717, 1.165) is 5.56 Å². The van der Waals surface area contributed by atoms with E-state index < -0.39 is 10.0 Å². The van der Waals surface area contributed by atoms with Crippen LogP contribution in [0.3, 0.4) is 0 Å². The number of hydrogen-bond acceptors (Lipinski definition) is 3. The van der Waals surface area contributed by atoms with Gasteiger partial charge in [-0.1, -0.05) is 48.0 Å². The first kappa shape index (κ1) is 19.2. The summed E-state index contributed by atoms with van der Waals surface area (Å²) in [6, 6.07) is 19.9. The summed E-state index contributed by atoms with van der Waals surface area (Å²) in [6.07, 6.45) is 1.50. The van der Waals surface area contributed by atoms with E-state index >= 15 is 0 Å². The molecule has 0 saturated carbocycles. The molecule has 27 heavy (non-hydrogen) atoms. The molecule has 0 amide bonds. The number of sulfonamides is 1. The Kier molecular flexibility index (Phi) is 5.98. The van der Waals surface area contributed by atoms with Gasteiger partial charge in [0, 0.05) is 23.2 Å². The molecule has 0 aliphatic carbocycles. The number of benzene rings is 2. The molecule has 3 aromatic rings. The van der Waals surface area contributed by atoms with Gasteiger partial charge in [-0.15, -0.1) is 0 Å². The highest BCUT2D eigenvalue weighted by molar-refractivity contribution is 7.92. The molecule has 1 aromatic heterocycles. The minimum atomic E-state index is -3.64. The Morgan fingerprint density at radius 2 is 1.70 bits per heavy atom. The van der Waals surface area contributed by atoms with Gasteiger partial charge in [0.05, 0.1) is 5.69 Å². The van der Waals surface area contributed by atoms with Crippen molar-refractivity contribution in [2.75, 3.05) is 16.2 Å². The van der Waals surface area contributed by atoms with Crippen LogP contribution >= 0.6 is 11.6 Å². The first-order chi connectivity index (χ1) is 13.0. The van der Waals surface area contributed by atoms with Crippen molar-refractivity contribution in [3.05, 3.63) is 83.5 Å². The SMILES string of the molecule is CCN(c1ccccc1)S(=O)(=O)c1ccc(NCc2ccccc2Cl)[nH+]c1. The van der Waals surface area contributed by atoms with Crippen LogP contribution in [0.2, 0.25) is 5.02 Å². The van der Waals surface area contributed by atoms with Crippen molar-refractivity contribution in [2.45, 2.75) is 18.4 Å². The smallest absolute Gasteiger partial charge is 0.270 e. The monoisotopic (exact) mass is 402 g/mol. The van der Waals surface area contributed by atoms with Gasteiger partial charge in [0.15, 0.2) is 0 Å². The van der Waals surface area contributed by atoms with Crippen LogP contribution < -0.4 is 14.6 Å². The lowest BCUT2D eigenvalue weighted by Crippen LogP contribution is -2.31. The molecule has 0 saturated heterocycles. The van der Waals surface area contributed by atoms with E-state index in [4.69, 9.17) is 11.6 Å². The molecular weight excluding hydrogens is 382 g/mol. The third-order valence-corrected chi connectivity index (χ3v) is 6.40. The van der Waals surface area contributed by atoms with Crippen LogP contribution in [0.1, 0.15) is 12.5 Å². The van der Waals surface area contributed by atoms with Gasteiger partial charge in [-0.25, -0.2) is 13.4 Å². The van der Waals surface area contributed by atoms with Crippen molar-refractivity contribution in [3.63, 3.8) is 0 Å². The molecule has 0 aliphatic heterocycles. The van der Waals surface area contributed by atoms with Crippen LogP contribution in [-0.2, 0) is 16.6 Å². The van der Waals surface area contributed by atoms with Gasteiger partial charge in [-0.2, -0.15) is 0 Å². The number of aromatic nitrogens is 1. The number of pyridine rings is 1. The topological polar surface area (TPSA) is 63.6 Å². The Morgan fingerprint density at radius 1 is 1.00 bits per heavy atom. The molecule has 0 spiro atoms. The van der Waals surface area contributed by atoms with Gasteiger partial charge >= 0.3 is 0 Å². The first-order valence-electron chi connectivity index (χ1n) is 8.59. The molecule has 3 rings (SSSR count). The molecule has 1 heterocycles. The molecule has 0 unspecified atom stereocenters. The quantitative estimate of drug-likeness (QED) is 0.650. The summed E-state index contributed by atoms with van der Waals surface area (Å²) in [6.45, 7) is 2.69. The van der Waals surface area contributed by atoms with E-state index in [1.807, 2.05) is 49.4 Å². The molecule has 140 valence electrons. The molecule has 0 aliphatic rings. The zero-order chi connectivity index (χ0) is 19.3. The highest BCUT2D eigenvalue weighted by Gasteiger charge is 2.24. The van der Waals surface area contributed by atoms with E-state index in [2.05, 4.69) is 10.3 Å². The second kappa shape index (κ2) is 8.41. The third-order valence-electron chi connectivity index (χ3n) is 4.13. The Hall–Kier alpha value is -2.57. The van der Waals surface area contributed by atoms with Crippen LogP contribution in [0, 0.1) is 0 Å². The maximum absolute atomic E-state index is 13.0. The fourth-order valence-electron chi connectivity index (χ4n) is 2.73. The van der Waals surface area contributed by atoms with Gasteiger partial charge in [0.25, 0.3) is 15.8 Å². The van der Waals surface area contributed by atoms with Crippen molar-refractivity contribution in [1.29, 1.82) is 0 Å². The summed E-state index contributed by atoms with van der Waals surface area (Å²) in [5.74, 6) is 0.705. The van der Waals surface area contributed by atoms with Crippen molar-refractivity contribution in [2.24, 2.45) is 0 Å². The van der Waals surface area contributed by atoms with E-state index in [1.54, 1.807) is 24.3 Å². The number of para-hydroxylation sites is 1. The van der Waals surface area contributed by atoms with Crippen LogP contribution in [-0.4, -0.2) is 15.0 Å². The molecule has 0 bridgehead atoms. The van der Waals surface area contributed by atoms with Crippen molar-refractivity contribution in [1.82, 2.24) is 0 Å². The largest absolute Gasteiger partial charge is 0.272 e. The van der Waals surface area contributed by atoms with Crippen LogP contribution in [0.5, 0.6) is 0 Å². The zero-order valence-corrected chi connectivity index (χ0v) is 16.5. The Balaban J connectivity index is 1.76. The van der Waals surface area contributed by atoms with Crippen molar-refractivity contribution < 1.29 is 13.4 Å². The van der Waals surface area contributed by atoms with E-state index in [9.17, 15) is 8.42 Å². The molecular formula is C20H21ClN3O2S+. The average molecular weight is 403 g/mol. The number of anilines is 2. The fourth-order valence-corrected chi connectivity index (χ4v) is 4.37. The zero-order valence-electron chi connectivity index (χ0n) is 14.9. The number of aromatic amines is 1. The maximum Gasteiger partial charge on any atom is 0.272 e. The minimum absolute atomic E-state index is 0.205. The second-order valence-corrected chi connectivity index (χ2v) is 8.16. The van der Waals surface area contributed by atoms with E-state index in [0.29, 0.717) is 29.6 Å². The highest BCUT2D eigenvalue weighted by atomic mass is 35.5. The van der Waals surface area contributed by atoms with Gasteiger partial charge < -0.3 is 0 Å². The summed E-state index contributed by atoms with van der Waals surface area (Å²) in [7, 11) is -3.64. The maximum atomic E-state index is 13.0. The predicted molar refractivity (Wildman–Crippen MR) is 108 cm³/mol.